The molecule has 1 aromatic heterocycles. The standard InChI is InChI=1S/C19H28N4O2/c1-3-15-14-23(11-10-22(15)12-13-25-4-2)19(24)21-18-7-5-6-17-16(18)8-9-20-17/h5-9,15,20H,3-4,10-14H2,1-2H3,(H,21,24)/t15-/m1/s1. The largest absolute Gasteiger partial charge is 0.380 e. The molecular formula is C19H28N4O2. The van der Waals surface area contributed by atoms with Crippen LogP contribution in [0.3, 0.4) is 0 Å². The van der Waals surface area contributed by atoms with Gasteiger partial charge in [0.2, 0.25) is 0 Å². The number of fused-ring (bicyclic) bond motifs is 1. The summed E-state index contributed by atoms with van der Waals surface area (Å²) >= 11 is 0. The fraction of sp³-hybridized carbons (Fsp3) is 0.526. The van der Waals surface area contributed by atoms with Crippen LogP contribution in [0.5, 0.6) is 0 Å². The molecule has 6 heteroatoms. The van der Waals surface area contributed by atoms with Crippen LogP contribution in [0.1, 0.15) is 20.3 Å². The van der Waals surface area contributed by atoms with Crippen molar-refractivity contribution in [1.82, 2.24) is 14.8 Å². The molecule has 2 aromatic rings. The van der Waals surface area contributed by atoms with Crippen molar-refractivity contribution < 1.29 is 9.53 Å². The molecule has 1 fully saturated rings. The van der Waals surface area contributed by atoms with Crippen LogP contribution in [0.15, 0.2) is 30.5 Å². The van der Waals surface area contributed by atoms with Crippen molar-refractivity contribution in [2.24, 2.45) is 0 Å². The number of anilines is 1. The van der Waals surface area contributed by atoms with Crippen LogP contribution in [0, 0.1) is 0 Å². The number of hydrogen-bond acceptors (Lipinski definition) is 3. The Bertz CT molecular complexity index is 700. The van der Waals surface area contributed by atoms with Gasteiger partial charge in [0.05, 0.1) is 12.3 Å². The summed E-state index contributed by atoms with van der Waals surface area (Å²) in [5.41, 5.74) is 1.89. The van der Waals surface area contributed by atoms with Gasteiger partial charge < -0.3 is 19.9 Å². The van der Waals surface area contributed by atoms with Crippen LogP contribution in [0.4, 0.5) is 10.5 Å². The summed E-state index contributed by atoms with van der Waals surface area (Å²) in [7, 11) is 0. The summed E-state index contributed by atoms with van der Waals surface area (Å²) in [6.07, 6.45) is 2.92. The number of ether oxygens (including phenoxy) is 1. The van der Waals surface area contributed by atoms with Gasteiger partial charge in [-0.15, -0.1) is 0 Å². The first-order valence-electron chi connectivity index (χ1n) is 9.16. The van der Waals surface area contributed by atoms with Crippen molar-refractivity contribution in [2.75, 3.05) is 44.7 Å². The van der Waals surface area contributed by atoms with E-state index in [2.05, 4.69) is 22.1 Å². The first-order chi connectivity index (χ1) is 12.2. The van der Waals surface area contributed by atoms with Crippen molar-refractivity contribution in [1.29, 1.82) is 0 Å². The third-order valence-electron chi connectivity index (χ3n) is 4.93. The molecule has 6 nitrogen and oxygen atoms in total. The fourth-order valence-electron chi connectivity index (χ4n) is 3.47. The Morgan fingerprint density at radius 2 is 2.20 bits per heavy atom. The van der Waals surface area contributed by atoms with Crippen LogP contribution >= 0.6 is 0 Å². The van der Waals surface area contributed by atoms with Crippen molar-refractivity contribution in [3.63, 3.8) is 0 Å². The zero-order chi connectivity index (χ0) is 17.6. The monoisotopic (exact) mass is 344 g/mol. The third-order valence-corrected chi connectivity index (χ3v) is 4.93. The van der Waals surface area contributed by atoms with Gasteiger partial charge in [-0.05, 0) is 31.5 Å². The van der Waals surface area contributed by atoms with E-state index >= 15 is 0 Å². The van der Waals surface area contributed by atoms with Gasteiger partial charge in [-0.1, -0.05) is 13.0 Å². The van der Waals surface area contributed by atoms with Crippen molar-refractivity contribution >= 4 is 22.6 Å². The molecule has 1 aliphatic heterocycles. The van der Waals surface area contributed by atoms with E-state index in [9.17, 15) is 4.79 Å². The van der Waals surface area contributed by atoms with Gasteiger partial charge in [0, 0.05) is 55.9 Å². The zero-order valence-electron chi connectivity index (χ0n) is 15.1. The summed E-state index contributed by atoms with van der Waals surface area (Å²) in [4.78, 5) is 20.3. The molecule has 2 amide bonds. The highest BCUT2D eigenvalue weighted by Gasteiger charge is 2.28. The molecule has 2 N–H and O–H groups in total. The van der Waals surface area contributed by atoms with E-state index in [0.29, 0.717) is 6.04 Å². The normalized spacial score (nSPS) is 18.6. The number of rotatable bonds is 6. The molecule has 1 saturated heterocycles. The molecule has 1 aliphatic rings. The van der Waals surface area contributed by atoms with E-state index in [1.165, 1.54) is 0 Å². The second kappa shape index (κ2) is 8.36. The Labute approximate surface area is 149 Å². The van der Waals surface area contributed by atoms with Crippen LogP contribution in [0.2, 0.25) is 0 Å². The summed E-state index contributed by atoms with van der Waals surface area (Å²) in [6.45, 7) is 9.05. The molecular weight excluding hydrogens is 316 g/mol. The van der Waals surface area contributed by atoms with E-state index < -0.39 is 0 Å². The maximum absolute atomic E-state index is 12.7. The molecule has 2 heterocycles. The van der Waals surface area contributed by atoms with E-state index in [-0.39, 0.29) is 6.03 Å². The minimum atomic E-state index is -0.0170. The number of urea groups is 1. The zero-order valence-corrected chi connectivity index (χ0v) is 15.1. The maximum atomic E-state index is 12.7. The molecule has 0 bridgehead atoms. The van der Waals surface area contributed by atoms with Crippen molar-refractivity contribution in [3.8, 4) is 0 Å². The van der Waals surface area contributed by atoms with E-state index in [0.717, 1.165) is 62.4 Å². The number of carbonyl (C=O) groups is 1. The lowest BCUT2D eigenvalue weighted by Crippen LogP contribution is -2.56. The Morgan fingerprint density at radius 1 is 1.32 bits per heavy atom. The van der Waals surface area contributed by atoms with E-state index in [4.69, 9.17) is 4.74 Å². The number of benzene rings is 1. The van der Waals surface area contributed by atoms with Crippen molar-refractivity contribution in [3.05, 3.63) is 30.5 Å². The molecule has 0 unspecified atom stereocenters. The highest BCUT2D eigenvalue weighted by molar-refractivity contribution is 6.00. The summed E-state index contributed by atoms with van der Waals surface area (Å²) in [5.74, 6) is 0. The number of H-pyrrole nitrogens is 1. The molecule has 1 atom stereocenters. The van der Waals surface area contributed by atoms with Crippen LogP contribution in [-0.4, -0.2) is 66.2 Å². The number of aromatic nitrogens is 1. The van der Waals surface area contributed by atoms with Gasteiger partial charge in [0.25, 0.3) is 0 Å². The lowest BCUT2D eigenvalue weighted by Gasteiger charge is -2.41. The SMILES string of the molecule is CCOCCN1CCN(C(=O)Nc2cccc3[nH]ccc23)C[C@H]1CC. The molecule has 3 rings (SSSR count). The predicted molar refractivity (Wildman–Crippen MR) is 101 cm³/mol. The molecule has 25 heavy (non-hydrogen) atoms. The van der Waals surface area contributed by atoms with Gasteiger partial charge in [-0.25, -0.2) is 4.79 Å². The predicted octanol–water partition coefficient (Wildman–Crippen LogP) is 3.13. The van der Waals surface area contributed by atoms with E-state index in [1.807, 2.05) is 42.3 Å². The first kappa shape index (κ1) is 17.8. The van der Waals surface area contributed by atoms with Crippen LogP contribution < -0.4 is 5.32 Å². The Kier molecular flexibility index (Phi) is 5.94. The first-order valence-corrected chi connectivity index (χ1v) is 9.16. The summed E-state index contributed by atoms with van der Waals surface area (Å²) in [6, 6.07) is 8.28. The number of piperazine rings is 1. The Morgan fingerprint density at radius 3 is 3.00 bits per heavy atom. The average molecular weight is 344 g/mol. The van der Waals surface area contributed by atoms with E-state index in [1.54, 1.807) is 0 Å². The van der Waals surface area contributed by atoms with Crippen LogP contribution in [-0.2, 0) is 4.74 Å². The van der Waals surface area contributed by atoms with Crippen molar-refractivity contribution in [2.45, 2.75) is 26.3 Å². The Hall–Kier alpha value is -2.05. The average Bonchev–Trinajstić information content (AvgIpc) is 3.12. The second-order valence-electron chi connectivity index (χ2n) is 6.42. The number of nitrogens with one attached hydrogen (secondary N) is 2. The molecule has 0 spiro atoms. The topological polar surface area (TPSA) is 60.6 Å². The fourth-order valence-corrected chi connectivity index (χ4v) is 3.47. The van der Waals surface area contributed by atoms with Gasteiger partial charge in [-0.3, -0.25) is 4.90 Å². The van der Waals surface area contributed by atoms with Gasteiger partial charge in [0.15, 0.2) is 0 Å². The number of hydrogen-bond donors (Lipinski definition) is 2. The Balaban J connectivity index is 1.60. The quantitative estimate of drug-likeness (QED) is 0.792. The number of carbonyl (C=O) groups excluding carboxylic acids is 1. The van der Waals surface area contributed by atoms with Gasteiger partial charge in [-0.2, -0.15) is 0 Å². The molecule has 0 aliphatic carbocycles. The molecule has 1 aromatic carbocycles. The number of nitrogens with zero attached hydrogens (tertiary/aromatic N) is 2. The minimum Gasteiger partial charge on any atom is -0.380 e. The van der Waals surface area contributed by atoms with Crippen LogP contribution in [0.25, 0.3) is 10.9 Å². The summed E-state index contributed by atoms with van der Waals surface area (Å²) in [5, 5.41) is 4.12. The summed E-state index contributed by atoms with van der Waals surface area (Å²) < 4.78 is 5.48. The van der Waals surface area contributed by atoms with Gasteiger partial charge in [0.1, 0.15) is 0 Å². The highest BCUT2D eigenvalue weighted by Crippen LogP contribution is 2.23. The lowest BCUT2D eigenvalue weighted by molar-refractivity contribution is 0.0545. The smallest absolute Gasteiger partial charge is 0.321 e. The number of aromatic amines is 1. The number of amides is 2. The second-order valence-corrected chi connectivity index (χ2v) is 6.42. The third kappa shape index (κ3) is 4.14. The molecule has 0 radical (unpaired) electrons. The minimum absolute atomic E-state index is 0.0170. The van der Waals surface area contributed by atoms with Gasteiger partial charge >= 0.3 is 6.03 Å². The highest BCUT2D eigenvalue weighted by atomic mass is 16.5. The molecule has 136 valence electrons. The molecule has 0 saturated carbocycles. The maximum Gasteiger partial charge on any atom is 0.321 e. The lowest BCUT2D eigenvalue weighted by atomic mass is 10.1.